The third-order valence-electron chi connectivity index (χ3n) is 1.33. The average Bonchev–Trinajstić information content (AvgIpc) is 2.09. The van der Waals surface area contributed by atoms with E-state index in [1.165, 1.54) is 18.2 Å². The molecule has 13 heavy (non-hydrogen) atoms. The molecule has 0 fully saturated rings. The number of amides is 1. The molecular weight excluding hydrogens is 352 g/mol. The van der Waals surface area contributed by atoms with Crippen LogP contribution in [0.1, 0.15) is 0 Å². The first-order valence-electron chi connectivity index (χ1n) is 3.44. The monoisotopic (exact) mass is 357 g/mol. The van der Waals surface area contributed by atoms with E-state index in [2.05, 4.69) is 21.2 Å². The van der Waals surface area contributed by atoms with E-state index < -0.39 is 0 Å². The SMILES string of the molecule is O=C(CBr)Nc1ccc(F)cc1I. The van der Waals surface area contributed by atoms with Crippen LogP contribution in [0.3, 0.4) is 0 Å². The Morgan fingerprint density at radius 3 is 2.85 bits per heavy atom. The zero-order valence-corrected chi connectivity index (χ0v) is 10.2. The van der Waals surface area contributed by atoms with Crippen LogP contribution in [0.4, 0.5) is 10.1 Å². The van der Waals surface area contributed by atoms with Gasteiger partial charge in [-0.1, -0.05) is 15.9 Å². The Balaban J connectivity index is 2.83. The lowest BCUT2D eigenvalue weighted by Crippen LogP contribution is -2.13. The van der Waals surface area contributed by atoms with E-state index in [4.69, 9.17) is 0 Å². The smallest absolute Gasteiger partial charge is 0.235 e. The van der Waals surface area contributed by atoms with Crippen LogP contribution in [-0.2, 0) is 4.79 Å². The Hall–Kier alpha value is -0.170. The van der Waals surface area contributed by atoms with Crippen LogP contribution in [0.15, 0.2) is 18.2 Å². The third-order valence-corrected chi connectivity index (χ3v) is 2.73. The molecule has 1 amide bonds. The summed E-state index contributed by atoms with van der Waals surface area (Å²) >= 11 is 4.99. The highest BCUT2D eigenvalue weighted by molar-refractivity contribution is 14.1. The summed E-state index contributed by atoms with van der Waals surface area (Å²) in [5.74, 6) is -0.453. The molecule has 0 saturated carbocycles. The molecule has 70 valence electrons. The van der Waals surface area contributed by atoms with Crippen LogP contribution in [0.5, 0.6) is 0 Å². The maximum Gasteiger partial charge on any atom is 0.235 e. The summed E-state index contributed by atoms with van der Waals surface area (Å²) in [6, 6.07) is 4.22. The van der Waals surface area contributed by atoms with Gasteiger partial charge in [-0.25, -0.2) is 4.39 Å². The fourth-order valence-electron chi connectivity index (χ4n) is 0.774. The largest absolute Gasteiger partial charge is 0.324 e. The summed E-state index contributed by atoms with van der Waals surface area (Å²) in [6.45, 7) is 0. The summed E-state index contributed by atoms with van der Waals surface area (Å²) in [5, 5.41) is 2.86. The minimum absolute atomic E-state index is 0.149. The van der Waals surface area contributed by atoms with Gasteiger partial charge >= 0.3 is 0 Å². The molecule has 1 rings (SSSR count). The van der Waals surface area contributed by atoms with Crippen molar-refractivity contribution in [1.82, 2.24) is 0 Å². The first-order valence-corrected chi connectivity index (χ1v) is 5.64. The van der Waals surface area contributed by atoms with Gasteiger partial charge < -0.3 is 5.32 Å². The third kappa shape index (κ3) is 3.22. The number of rotatable bonds is 2. The number of carbonyl (C=O) groups is 1. The number of carbonyl (C=O) groups excluding carboxylic acids is 1. The highest BCUT2D eigenvalue weighted by Crippen LogP contribution is 2.18. The van der Waals surface area contributed by atoms with Gasteiger partial charge in [0, 0.05) is 3.57 Å². The van der Waals surface area contributed by atoms with Gasteiger partial charge in [-0.15, -0.1) is 0 Å². The number of halogens is 3. The molecule has 1 aromatic carbocycles. The highest BCUT2D eigenvalue weighted by Gasteiger charge is 2.04. The van der Waals surface area contributed by atoms with Crippen molar-refractivity contribution in [2.24, 2.45) is 0 Å². The maximum atomic E-state index is 12.6. The molecule has 0 radical (unpaired) electrons. The second-order valence-electron chi connectivity index (χ2n) is 2.31. The predicted octanol–water partition coefficient (Wildman–Crippen LogP) is 2.76. The number of benzene rings is 1. The number of nitrogens with one attached hydrogen (secondary N) is 1. The molecular formula is C8H6BrFINO. The zero-order chi connectivity index (χ0) is 9.84. The van der Waals surface area contributed by atoms with Crippen molar-refractivity contribution in [3.05, 3.63) is 27.6 Å². The lowest BCUT2D eigenvalue weighted by molar-refractivity contribution is -0.113. The molecule has 0 aliphatic heterocycles. The highest BCUT2D eigenvalue weighted by atomic mass is 127. The van der Waals surface area contributed by atoms with Crippen molar-refractivity contribution in [2.45, 2.75) is 0 Å². The number of hydrogen-bond acceptors (Lipinski definition) is 1. The van der Waals surface area contributed by atoms with Crippen LogP contribution in [0, 0.1) is 9.39 Å². The number of hydrogen-bond donors (Lipinski definition) is 1. The van der Waals surface area contributed by atoms with E-state index in [0.29, 0.717) is 9.26 Å². The quantitative estimate of drug-likeness (QED) is 0.640. The summed E-state index contributed by atoms with van der Waals surface area (Å²) < 4.78 is 13.3. The Morgan fingerprint density at radius 2 is 2.31 bits per heavy atom. The summed E-state index contributed by atoms with van der Waals surface area (Å²) in [6.07, 6.45) is 0. The van der Waals surface area contributed by atoms with Crippen LogP contribution < -0.4 is 5.32 Å². The predicted molar refractivity (Wildman–Crippen MR) is 61.5 cm³/mol. The molecule has 0 unspecified atom stereocenters. The van der Waals surface area contributed by atoms with Crippen molar-refractivity contribution >= 4 is 50.1 Å². The second-order valence-corrected chi connectivity index (χ2v) is 4.03. The molecule has 0 bridgehead atoms. The van der Waals surface area contributed by atoms with Gasteiger partial charge in [-0.05, 0) is 40.8 Å². The van der Waals surface area contributed by atoms with Gasteiger partial charge in [0.2, 0.25) is 5.91 Å². The van der Waals surface area contributed by atoms with E-state index in [-0.39, 0.29) is 17.1 Å². The van der Waals surface area contributed by atoms with Gasteiger partial charge in [0.25, 0.3) is 0 Å². The van der Waals surface area contributed by atoms with Gasteiger partial charge in [0.1, 0.15) is 5.82 Å². The van der Waals surface area contributed by atoms with E-state index in [1.54, 1.807) is 0 Å². The normalized spacial score (nSPS) is 9.77. The lowest BCUT2D eigenvalue weighted by Gasteiger charge is -2.04. The summed E-state index contributed by atoms with van der Waals surface area (Å²) in [7, 11) is 0. The van der Waals surface area contributed by atoms with Gasteiger partial charge in [-0.2, -0.15) is 0 Å². The minimum atomic E-state index is -0.304. The molecule has 0 saturated heterocycles. The van der Waals surface area contributed by atoms with E-state index in [0.717, 1.165) is 0 Å². The van der Waals surface area contributed by atoms with Crippen molar-refractivity contribution < 1.29 is 9.18 Å². The maximum absolute atomic E-state index is 12.6. The fourth-order valence-corrected chi connectivity index (χ4v) is 1.53. The van der Waals surface area contributed by atoms with Crippen LogP contribution >= 0.6 is 38.5 Å². The molecule has 1 aromatic rings. The van der Waals surface area contributed by atoms with Crippen molar-refractivity contribution in [3.63, 3.8) is 0 Å². The molecule has 1 N–H and O–H groups in total. The standard InChI is InChI=1S/C8H6BrFINO/c9-4-8(13)12-7-2-1-5(10)3-6(7)11/h1-3H,4H2,(H,12,13). The Bertz CT molecular complexity index is 332. The molecule has 0 heterocycles. The molecule has 0 atom stereocenters. The van der Waals surface area contributed by atoms with Crippen LogP contribution in [0.2, 0.25) is 0 Å². The van der Waals surface area contributed by atoms with Crippen molar-refractivity contribution in [3.8, 4) is 0 Å². The fraction of sp³-hybridized carbons (Fsp3) is 0.125. The van der Waals surface area contributed by atoms with Crippen LogP contribution in [-0.4, -0.2) is 11.2 Å². The Labute approximate surface area is 97.2 Å². The summed E-state index contributed by atoms with van der Waals surface area (Å²) in [4.78, 5) is 11.0. The lowest BCUT2D eigenvalue weighted by atomic mass is 10.3. The van der Waals surface area contributed by atoms with Crippen molar-refractivity contribution in [2.75, 3.05) is 10.6 Å². The average molecular weight is 358 g/mol. The van der Waals surface area contributed by atoms with E-state index in [9.17, 15) is 9.18 Å². The first kappa shape index (κ1) is 10.9. The summed E-state index contributed by atoms with van der Waals surface area (Å²) in [5.41, 5.74) is 0.631. The van der Waals surface area contributed by atoms with Crippen molar-refractivity contribution in [1.29, 1.82) is 0 Å². The number of alkyl halides is 1. The van der Waals surface area contributed by atoms with E-state index in [1.807, 2.05) is 22.6 Å². The van der Waals surface area contributed by atoms with Gasteiger partial charge in [0.15, 0.2) is 0 Å². The minimum Gasteiger partial charge on any atom is -0.324 e. The Morgan fingerprint density at radius 1 is 1.62 bits per heavy atom. The van der Waals surface area contributed by atoms with Gasteiger partial charge in [0.05, 0.1) is 11.0 Å². The van der Waals surface area contributed by atoms with Gasteiger partial charge in [-0.3, -0.25) is 4.79 Å². The molecule has 5 heteroatoms. The second kappa shape index (κ2) is 4.90. The molecule has 0 aromatic heterocycles. The molecule has 0 spiro atoms. The molecule has 0 aliphatic rings. The topological polar surface area (TPSA) is 29.1 Å². The van der Waals surface area contributed by atoms with E-state index >= 15 is 0 Å². The zero-order valence-electron chi connectivity index (χ0n) is 6.48. The molecule has 0 aliphatic carbocycles. The Kier molecular flexibility index (Phi) is 4.11. The number of anilines is 1. The molecule has 2 nitrogen and oxygen atoms in total. The first-order chi connectivity index (χ1) is 6.13. The van der Waals surface area contributed by atoms with Crippen LogP contribution in [0.25, 0.3) is 0 Å².